The molecule has 0 radical (unpaired) electrons. The standard InChI is InChI=1S/C13H19N3O3S/c1-7-4-3-5-14-10(7)12(17)15-6-9-16-8(2)11(20-9)13(18)19/h7,10,14H,3-6H2,1-2H3,(H,15,17)(H,18,19). The summed E-state index contributed by atoms with van der Waals surface area (Å²) in [5.41, 5.74) is 0.496. The highest BCUT2D eigenvalue weighted by atomic mass is 32.1. The molecule has 0 spiro atoms. The van der Waals surface area contributed by atoms with Gasteiger partial charge in [0, 0.05) is 0 Å². The van der Waals surface area contributed by atoms with Crippen LogP contribution >= 0.6 is 11.3 Å². The first kappa shape index (κ1) is 14.9. The van der Waals surface area contributed by atoms with Crippen molar-refractivity contribution >= 4 is 23.2 Å². The smallest absolute Gasteiger partial charge is 0.347 e. The predicted octanol–water partition coefficient (Wildman–Crippen LogP) is 1.15. The number of rotatable bonds is 4. The lowest BCUT2D eigenvalue weighted by Gasteiger charge is -2.28. The van der Waals surface area contributed by atoms with Crippen LogP contribution in [0.3, 0.4) is 0 Å². The van der Waals surface area contributed by atoms with Gasteiger partial charge in [0.15, 0.2) is 0 Å². The first-order chi connectivity index (χ1) is 9.49. The second kappa shape index (κ2) is 6.32. The van der Waals surface area contributed by atoms with E-state index in [-0.39, 0.29) is 23.4 Å². The van der Waals surface area contributed by atoms with Crippen molar-refractivity contribution in [2.75, 3.05) is 6.54 Å². The highest BCUT2D eigenvalue weighted by Crippen LogP contribution is 2.19. The molecule has 2 rings (SSSR count). The first-order valence-electron chi connectivity index (χ1n) is 6.69. The van der Waals surface area contributed by atoms with Crippen molar-refractivity contribution in [3.05, 3.63) is 15.6 Å². The van der Waals surface area contributed by atoms with Crippen LogP contribution in [0, 0.1) is 12.8 Å². The van der Waals surface area contributed by atoms with E-state index in [4.69, 9.17) is 5.11 Å². The minimum absolute atomic E-state index is 0.0399. The summed E-state index contributed by atoms with van der Waals surface area (Å²) in [6, 6.07) is -0.163. The van der Waals surface area contributed by atoms with E-state index in [1.165, 1.54) is 0 Å². The van der Waals surface area contributed by atoms with Crippen molar-refractivity contribution in [3.63, 3.8) is 0 Å². The summed E-state index contributed by atoms with van der Waals surface area (Å²) in [4.78, 5) is 27.4. The zero-order valence-electron chi connectivity index (χ0n) is 11.6. The Kier molecular flexibility index (Phi) is 4.72. The molecule has 0 saturated carbocycles. The highest BCUT2D eigenvalue weighted by molar-refractivity contribution is 7.13. The molecule has 0 bridgehead atoms. The molecule has 2 unspecified atom stereocenters. The van der Waals surface area contributed by atoms with Gasteiger partial charge in [0.05, 0.1) is 18.3 Å². The molecule has 2 heterocycles. The largest absolute Gasteiger partial charge is 0.477 e. The molecule has 1 fully saturated rings. The van der Waals surface area contributed by atoms with Crippen LogP contribution in [0.4, 0.5) is 0 Å². The number of aromatic carboxylic acids is 1. The molecular weight excluding hydrogens is 278 g/mol. The Morgan fingerprint density at radius 2 is 2.30 bits per heavy atom. The Labute approximate surface area is 121 Å². The molecule has 1 aromatic rings. The number of carbonyl (C=O) groups is 2. The molecule has 20 heavy (non-hydrogen) atoms. The Bertz CT molecular complexity index is 515. The third kappa shape index (κ3) is 3.34. The lowest BCUT2D eigenvalue weighted by Crippen LogP contribution is -2.50. The maximum absolute atomic E-state index is 12.1. The molecule has 1 saturated heterocycles. The van der Waals surface area contributed by atoms with Crippen LogP contribution < -0.4 is 10.6 Å². The summed E-state index contributed by atoms with van der Waals surface area (Å²) in [5, 5.41) is 15.6. The number of carbonyl (C=O) groups excluding carboxylic acids is 1. The van der Waals surface area contributed by atoms with E-state index < -0.39 is 5.97 Å². The molecule has 1 aliphatic heterocycles. The van der Waals surface area contributed by atoms with E-state index in [0.717, 1.165) is 30.7 Å². The summed E-state index contributed by atoms with van der Waals surface area (Å²) in [6.07, 6.45) is 2.14. The van der Waals surface area contributed by atoms with Crippen molar-refractivity contribution in [1.82, 2.24) is 15.6 Å². The lowest BCUT2D eigenvalue weighted by atomic mass is 9.92. The Morgan fingerprint density at radius 1 is 1.55 bits per heavy atom. The van der Waals surface area contributed by atoms with Gasteiger partial charge in [-0.1, -0.05) is 6.92 Å². The highest BCUT2D eigenvalue weighted by Gasteiger charge is 2.27. The van der Waals surface area contributed by atoms with Crippen LogP contribution in [0.1, 0.15) is 40.1 Å². The summed E-state index contributed by atoms with van der Waals surface area (Å²) in [5.74, 6) is -0.696. The molecule has 1 aromatic heterocycles. The van der Waals surface area contributed by atoms with Crippen molar-refractivity contribution in [3.8, 4) is 0 Å². The zero-order valence-corrected chi connectivity index (χ0v) is 12.4. The topological polar surface area (TPSA) is 91.3 Å². The van der Waals surface area contributed by atoms with E-state index in [0.29, 0.717) is 16.6 Å². The zero-order chi connectivity index (χ0) is 14.7. The van der Waals surface area contributed by atoms with E-state index in [1.807, 2.05) is 0 Å². The second-order valence-electron chi connectivity index (χ2n) is 5.10. The summed E-state index contributed by atoms with van der Waals surface area (Å²) in [6.45, 7) is 4.87. The minimum atomic E-state index is -0.972. The van der Waals surface area contributed by atoms with Gasteiger partial charge in [-0.2, -0.15) is 0 Å². The average molecular weight is 297 g/mol. The number of aryl methyl sites for hydroxylation is 1. The average Bonchev–Trinajstić information content (AvgIpc) is 2.78. The monoisotopic (exact) mass is 297 g/mol. The van der Waals surface area contributed by atoms with Crippen LogP contribution in [0.25, 0.3) is 0 Å². The quantitative estimate of drug-likeness (QED) is 0.775. The molecule has 110 valence electrons. The fourth-order valence-corrected chi connectivity index (χ4v) is 3.24. The van der Waals surface area contributed by atoms with Gasteiger partial charge in [0.2, 0.25) is 5.91 Å². The van der Waals surface area contributed by atoms with Crippen molar-refractivity contribution < 1.29 is 14.7 Å². The number of amides is 1. The van der Waals surface area contributed by atoms with Crippen LogP contribution in [0.2, 0.25) is 0 Å². The Morgan fingerprint density at radius 3 is 2.90 bits per heavy atom. The number of nitrogens with zero attached hydrogens (tertiary/aromatic N) is 1. The fraction of sp³-hybridized carbons (Fsp3) is 0.615. The summed E-state index contributed by atoms with van der Waals surface area (Å²) < 4.78 is 0. The summed E-state index contributed by atoms with van der Waals surface area (Å²) in [7, 11) is 0. The maximum Gasteiger partial charge on any atom is 0.347 e. The van der Waals surface area contributed by atoms with Crippen LogP contribution in [-0.4, -0.2) is 34.6 Å². The molecule has 0 aliphatic carbocycles. The van der Waals surface area contributed by atoms with Gasteiger partial charge in [-0.15, -0.1) is 11.3 Å². The number of hydrogen-bond acceptors (Lipinski definition) is 5. The molecule has 7 heteroatoms. The van der Waals surface area contributed by atoms with Crippen LogP contribution in [0.15, 0.2) is 0 Å². The van der Waals surface area contributed by atoms with Gasteiger partial charge < -0.3 is 15.7 Å². The number of piperidine rings is 1. The van der Waals surface area contributed by atoms with E-state index in [9.17, 15) is 9.59 Å². The van der Waals surface area contributed by atoms with Crippen molar-refractivity contribution in [2.24, 2.45) is 5.92 Å². The van der Waals surface area contributed by atoms with Gasteiger partial charge in [0.25, 0.3) is 0 Å². The van der Waals surface area contributed by atoms with Gasteiger partial charge in [-0.3, -0.25) is 4.79 Å². The number of aromatic nitrogens is 1. The van der Waals surface area contributed by atoms with E-state index in [2.05, 4.69) is 22.5 Å². The van der Waals surface area contributed by atoms with E-state index >= 15 is 0 Å². The third-order valence-electron chi connectivity index (χ3n) is 3.50. The van der Waals surface area contributed by atoms with Gasteiger partial charge in [-0.25, -0.2) is 9.78 Å². The number of carboxylic acid groups (broad SMARTS) is 1. The molecule has 1 aliphatic rings. The van der Waals surface area contributed by atoms with Crippen LogP contribution in [-0.2, 0) is 11.3 Å². The van der Waals surface area contributed by atoms with Gasteiger partial charge in [-0.05, 0) is 32.2 Å². The van der Waals surface area contributed by atoms with E-state index in [1.54, 1.807) is 6.92 Å². The van der Waals surface area contributed by atoms with Gasteiger partial charge >= 0.3 is 5.97 Å². The predicted molar refractivity (Wildman–Crippen MR) is 75.8 cm³/mol. The molecular formula is C13H19N3O3S. The normalized spacial score (nSPS) is 22.5. The second-order valence-corrected chi connectivity index (χ2v) is 6.18. The molecule has 1 amide bonds. The number of thiazole rings is 1. The number of nitrogens with one attached hydrogen (secondary N) is 2. The third-order valence-corrected chi connectivity index (χ3v) is 4.65. The van der Waals surface area contributed by atoms with Crippen molar-refractivity contribution in [2.45, 2.75) is 39.3 Å². The molecule has 6 nitrogen and oxygen atoms in total. The Hall–Kier alpha value is -1.47. The number of carboxylic acids is 1. The fourth-order valence-electron chi connectivity index (χ4n) is 2.40. The molecule has 3 N–H and O–H groups in total. The Balaban J connectivity index is 1.93. The van der Waals surface area contributed by atoms with Crippen LogP contribution in [0.5, 0.6) is 0 Å². The maximum atomic E-state index is 12.1. The summed E-state index contributed by atoms with van der Waals surface area (Å²) >= 11 is 1.11. The SMILES string of the molecule is Cc1nc(CNC(=O)C2NCCCC2C)sc1C(=O)O. The first-order valence-corrected chi connectivity index (χ1v) is 7.51. The minimum Gasteiger partial charge on any atom is -0.477 e. The molecule has 0 aromatic carbocycles. The number of hydrogen-bond donors (Lipinski definition) is 3. The van der Waals surface area contributed by atoms with Gasteiger partial charge in [0.1, 0.15) is 9.88 Å². The van der Waals surface area contributed by atoms with Crippen molar-refractivity contribution in [1.29, 1.82) is 0 Å². The lowest BCUT2D eigenvalue weighted by molar-refractivity contribution is -0.125. The molecule has 2 atom stereocenters.